The van der Waals surface area contributed by atoms with Crippen LogP contribution in [0, 0.1) is 23.4 Å². The zero-order valence-corrected chi connectivity index (χ0v) is 21.8. The molecular formula is C31H41F3O2. The van der Waals surface area contributed by atoms with E-state index in [1.165, 1.54) is 38.9 Å². The lowest BCUT2D eigenvalue weighted by atomic mass is 9.76. The molecule has 2 nitrogen and oxygen atoms in total. The molecule has 2 saturated carbocycles. The third kappa shape index (κ3) is 6.65. The maximum atomic E-state index is 15.2. The zero-order chi connectivity index (χ0) is 25.5. The number of benzene rings is 2. The van der Waals surface area contributed by atoms with Crippen molar-refractivity contribution in [2.75, 3.05) is 7.11 Å². The summed E-state index contributed by atoms with van der Waals surface area (Å²) in [5.41, 5.74) is 1.57. The Balaban J connectivity index is 1.28. The molecule has 198 valence electrons. The lowest BCUT2D eigenvalue weighted by Crippen LogP contribution is -2.22. The van der Waals surface area contributed by atoms with Crippen LogP contribution in [0.25, 0.3) is 0 Å². The fourth-order valence-electron chi connectivity index (χ4n) is 6.18. The highest BCUT2D eigenvalue weighted by Gasteiger charge is 2.30. The Morgan fingerprint density at radius 3 is 1.94 bits per heavy atom. The Hall–Kier alpha value is -2.01. The summed E-state index contributed by atoms with van der Waals surface area (Å²) < 4.78 is 55.5. The van der Waals surface area contributed by atoms with Gasteiger partial charge in [0.1, 0.15) is 11.6 Å². The van der Waals surface area contributed by atoms with Gasteiger partial charge in [-0.2, -0.15) is 0 Å². The Morgan fingerprint density at radius 2 is 1.39 bits per heavy atom. The molecule has 0 aliphatic heterocycles. The van der Waals surface area contributed by atoms with Gasteiger partial charge in [0, 0.05) is 11.6 Å². The third-order valence-corrected chi connectivity index (χ3v) is 8.49. The van der Waals surface area contributed by atoms with E-state index in [2.05, 4.69) is 6.92 Å². The van der Waals surface area contributed by atoms with Crippen LogP contribution in [0.5, 0.6) is 5.75 Å². The maximum Gasteiger partial charge on any atom is 0.162 e. The van der Waals surface area contributed by atoms with Crippen LogP contribution in [0.3, 0.4) is 0 Å². The Labute approximate surface area is 214 Å². The number of hydrogen-bond donors (Lipinski definition) is 0. The van der Waals surface area contributed by atoms with Crippen LogP contribution in [-0.4, -0.2) is 13.2 Å². The zero-order valence-electron chi connectivity index (χ0n) is 21.8. The molecule has 0 bridgehead atoms. The Bertz CT molecular complexity index is 976. The smallest absolute Gasteiger partial charge is 0.162 e. The molecule has 2 aliphatic carbocycles. The maximum absolute atomic E-state index is 15.2. The molecule has 0 saturated heterocycles. The van der Waals surface area contributed by atoms with E-state index in [4.69, 9.17) is 9.47 Å². The van der Waals surface area contributed by atoms with Gasteiger partial charge in [-0.1, -0.05) is 50.8 Å². The monoisotopic (exact) mass is 502 g/mol. The number of halogens is 3. The van der Waals surface area contributed by atoms with Gasteiger partial charge in [0.05, 0.1) is 19.8 Å². The van der Waals surface area contributed by atoms with E-state index in [9.17, 15) is 4.39 Å². The SMILES string of the molecule is CCCCCC1CCC(c2ccc(C3CCC(OCc4ccc(OC)cc4F)CC3)c(F)c2F)CC1. The number of hydrogen-bond acceptors (Lipinski definition) is 2. The van der Waals surface area contributed by atoms with E-state index in [1.54, 1.807) is 12.1 Å². The second-order valence-corrected chi connectivity index (χ2v) is 10.8. The lowest BCUT2D eigenvalue weighted by molar-refractivity contribution is 0.0118. The fraction of sp³-hybridized carbons (Fsp3) is 0.613. The normalized spacial score (nSPS) is 24.6. The first-order chi connectivity index (χ1) is 17.5. The second kappa shape index (κ2) is 13.0. The van der Waals surface area contributed by atoms with Gasteiger partial charge in [-0.15, -0.1) is 0 Å². The third-order valence-electron chi connectivity index (χ3n) is 8.49. The van der Waals surface area contributed by atoms with Crippen LogP contribution >= 0.6 is 0 Å². The molecule has 4 rings (SSSR count). The minimum atomic E-state index is -0.651. The van der Waals surface area contributed by atoms with Crippen molar-refractivity contribution in [2.24, 2.45) is 5.92 Å². The largest absolute Gasteiger partial charge is 0.497 e. The van der Waals surface area contributed by atoms with Gasteiger partial charge < -0.3 is 9.47 Å². The van der Waals surface area contributed by atoms with Crippen LogP contribution in [0.15, 0.2) is 30.3 Å². The van der Waals surface area contributed by atoms with Crippen molar-refractivity contribution in [2.45, 2.75) is 109 Å². The summed E-state index contributed by atoms with van der Waals surface area (Å²) in [6.45, 7) is 2.42. The standard InChI is InChI=1S/C31H41F3O2/c1-3-4-5-6-21-7-9-22(10-8-21)27-17-18-28(31(34)30(27)33)23-11-14-25(15-12-23)36-20-24-13-16-26(35-2)19-29(24)32/h13,16-19,21-23,25H,3-12,14-15,20H2,1-2H3. The van der Waals surface area contributed by atoms with E-state index in [1.807, 2.05) is 12.1 Å². The van der Waals surface area contributed by atoms with E-state index < -0.39 is 11.6 Å². The number of methoxy groups -OCH3 is 1. The van der Waals surface area contributed by atoms with Crippen LogP contribution in [-0.2, 0) is 11.3 Å². The van der Waals surface area contributed by atoms with Gasteiger partial charge in [0.2, 0.25) is 0 Å². The van der Waals surface area contributed by atoms with Crippen LogP contribution < -0.4 is 4.74 Å². The molecule has 0 radical (unpaired) electrons. The first-order valence-corrected chi connectivity index (χ1v) is 13.9. The molecule has 36 heavy (non-hydrogen) atoms. The molecule has 0 N–H and O–H groups in total. The molecular weight excluding hydrogens is 461 g/mol. The first kappa shape index (κ1) is 27.0. The van der Waals surface area contributed by atoms with Crippen molar-refractivity contribution < 1.29 is 22.6 Å². The van der Waals surface area contributed by atoms with Gasteiger partial charge in [0.25, 0.3) is 0 Å². The lowest BCUT2D eigenvalue weighted by Gasteiger charge is -2.31. The molecule has 0 atom stereocenters. The molecule has 5 heteroatoms. The molecule has 0 heterocycles. The minimum Gasteiger partial charge on any atom is -0.497 e. The van der Waals surface area contributed by atoms with Gasteiger partial charge in [-0.3, -0.25) is 0 Å². The van der Waals surface area contributed by atoms with Crippen molar-refractivity contribution in [1.29, 1.82) is 0 Å². The minimum absolute atomic E-state index is 0.000393. The first-order valence-electron chi connectivity index (χ1n) is 13.9. The number of unbranched alkanes of at least 4 members (excludes halogenated alkanes) is 2. The van der Waals surface area contributed by atoms with Crippen LogP contribution in [0.2, 0.25) is 0 Å². The molecule has 2 aromatic rings. The van der Waals surface area contributed by atoms with Crippen LogP contribution in [0.4, 0.5) is 13.2 Å². The fourth-order valence-corrected chi connectivity index (χ4v) is 6.18. The van der Waals surface area contributed by atoms with Gasteiger partial charge >= 0.3 is 0 Å². The summed E-state index contributed by atoms with van der Waals surface area (Å²) >= 11 is 0. The van der Waals surface area contributed by atoms with E-state index in [-0.39, 0.29) is 30.4 Å². The van der Waals surface area contributed by atoms with E-state index >= 15 is 8.78 Å². The second-order valence-electron chi connectivity index (χ2n) is 10.8. The van der Waals surface area contributed by atoms with Crippen molar-refractivity contribution in [3.8, 4) is 5.75 Å². The van der Waals surface area contributed by atoms with Gasteiger partial charge in [-0.05, 0) is 86.3 Å². The molecule has 0 aromatic heterocycles. The number of ether oxygens (including phenoxy) is 2. The molecule has 0 amide bonds. The highest BCUT2D eigenvalue weighted by atomic mass is 19.2. The molecule has 2 aromatic carbocycles. The summed E-state index contributed by atoms with van der Waals surface area (Å²) in [5, 5.41) is 0. The van der Waals surface area contributed by atoms with E-state index in [0.717, 1.165) is 57.3 Å². The van der Waals surface area contributed by atoms with Crippen LogP contribution in [0.1, 0.15) is 112 Å². The molecule has 0 unspecified atom stereocenters. The highest BCUT2D eigenvalue weighted by molar-refractivity contribution is 5.32. The Kier molecular flexibility index (Phi) is 9.75. The summed E-state index contributed by atoms with van der Waals surface area (Å²) in [6.07, 6.45) is 12.3. The summed E-state index contributed by atoms with van der Waals surface area (Å²) in [6, 6.07) is 8.44. The predicted molar refractivity (Wildman–Crippen MR) is 138 cm³/mol. The van der Waals surface area contributed by atoms with Crippen molar-refractivity contribution in [3.63, 3.8) is 0 Å². The molecule has 2 aliphatic rings. The predicted octanol–water partition coefficient (Wildman–Crippen LogP) is 9.21. The topological polar surface area (TPSA) is 18.5 Å². The number of rotatable bonds is 10. The molecule has 2 fully saturated rings. The summed E-state index contributed by atoms with van der Waals surface area (Å²) in [4.78, 5) is 0. The summed E-state index contributed by atoms with van der Waals surface area (Å²) in [7, 11) is 1.51. The van der Waals surface area contributed by atoms with Crippen molar-refractivity contribution in [3.05, 3.63) is 64.5 Å². The van der Waals surface area contributed by atoms with Crippen molar-refractivity contribution >= 4 is 0 Å². The highest BCUT2D eigenvalue weighted by Crippen LogP contribution is 2.41. The average molecular weight is 503 g/mol. The quantitative estimate of drug-likeness (QED) is 0.302. The Morgan fingerprint density at radius 1 is 0.778 bits per heavy atom. The van der Waals surface area contributed by atoms with E-state index in [0.29, 0.717) is 22.4 Å². The van der Waals surface area contributed by atoms with Gasteiger partial charge in [0.15, 0.2) is 11.6 Å². The summed E-state index contributed by atoms with van der Waals surface area (Å²) in [5.74, 6) is -0.257. The van der Waals surface area contributed by atoms with Crippen molar-refractivity contribution in [1.82, 2.24) is 0 Å². The average Bonchev–Trinajstić information content (AvgIpc) is 2.90. The van der Waals surface area contributed by atoms with Gasteiger partial charge in [-0.25, -0.2) is 13.2 Å². The molecule has 0 spiro atoms.